The third-order valence-electron chi connectivity index (χ3n) is 4.55. The summed E-state index contributed by atoms with van der Waals surface area (Å²) in [5.74, 6) is 1.94. The van der Waals surface area contributed by atoms with Gasteiger partial charge >= 0.3 is 0 Å². The van der Waals surface area contributed by atoms with E-state index in [2.05, 4.69) is 42.7 Å². The van der Waals surface area contributed by atoms with Crippen LogP contribution in [0.1, 0.15) is 40.0 Å². The first-order valence-corrected chi connectivity index (χ1v) is 9.27. The van der Waals surface area contributed by atoms with Crippen molar-refractivity contribution in [2.45, 2.75) is 50.8 Å². The number of hydrogen-bond donors (Lipinski definition) is 1. The fourth-order valence-electron chi connectivity index (χ4n) is 3.15. The van der Waals surface area contributed by atoms with Crippen molar-refractivity contribution < 1.29 is 4.74 Å². The van der Waals surface area contributed by atoms with Crippen molar-refractivity contribution in [2.75, 3.05) is 45.1 Å². The van der Waals surface area contributed by atoms with Gasteiger partial charge in [-0.25, -0.2) is 0 Å². The zero-order valence-electron chi connectivity index (χ0n) is 13.5. The number of nitrogens with zero attached hydrogens (tertiary/aromatic N) is 1. The van der Waals surface area contributed by atoms with Crippen LogP contribution in [0.15, 0.2) is 0 Å². The highest BCUT2D eigenvalue weighted by molar-refractivity contribution is 8.00. The van der Waals surface area contributed by atoms with Crippen LogP contribution >= 0.6 is 11.8 Å². The van der Waals surface area contributed by atoms with Crippen LogP contribution in [0.3, 0.4) is 0 Å². The molecule has 0 aromatic heterocycles. The van der Waals surface area contributed by atoms with Crippen LogP contribution in [0.4, 0.5) is 0 Å². The van der Waals surface area contributed by atoms with Gasteiger partial charge < -0.3 is 15.0 Å². The standard InChI is InChI=1S/C16H32N2OS/c1-4-7-17-15-5-10-19-13-14(15)12-18-8-6-16(2,3)20-11-9-18/h14-15,17H,4-13H2,1-3H3. The van der Waals surface area contributed by atoms with Crippen molar-refractivity contribution in [3.63, 3.8) is 0 Å². The maximum atomic E-state index is 5.73. The Kier molecular flexibility index (Phi) is 6.66. The van der Waals surface area contributed by atoms with Crippen molar-refractivity contribution in [1.29, 1.82) is 0 Å². The van der Waals surface area contributed by atoms with E-state index in [0.717, 1.165) is 19.8 Å². The minimum absolute atomic E-state index is 0.456. The number of rotatable bonds is 5. The van der Waals surface area contributed by atoms with Gasteiger partial charge in [-0.3, -0.25) is 0 Å². The second kappa shape index (κ2) is 8.02. The highest BCUT2D eigenvalue weighted by Crippen LogP contribution is 2.31. The largest absolute Gasteiger partial charge is 0.381 e. The molecular weight excluding hydrogens is 268 g/mol. The van der Waals surface area contributed by atoms with Gasteiger partial charge in [0.05, 0.1) is 6.61 Å². The third kappa shape index (κ3) is 5.21. The van der Waals surface area contributed by atoms with Crippen molar-refractivity contribution in [2.24, 2.45) is 5.92 Å². The summed E-state index contributed by atoms with van der Waals surface area (Å²) >= 11 is 2.13. The second-order valence-corrected chi connectivity index (χ2v) is 8.65. The summed E-state index contributed by atoms with van der Waals surface area (Å²) in [6.07, 6.45) is 3.70. The fourth-order valence-corrected chi connectivity index (χ4v) is 4.29. The minimum Gasteiger partial charge on any atom is -0.381 e. The normalized spacial score (nSPS) is 31.9. The summed E-state index contributed by atoms with van der Waals surface area (Å²) in [4.78, 5) is 2.67. The number of ether oxygens (including phenoxy) is 1. The Balaban J connectivity index is 1.83. The summed E-state index contributed by atoms with van der Waals surface area (Å²) in [6, 6.07) is 0.660. The van der Waals surface area contributed by atoms with E-state index in [0.29, 0.717) is 16.7 Å². The van der Waals surface area contributed by atoms with Crippen LogP contribution in [-0.2, 0) is 4.74 Å². The highest BCUT2D eigenvalue weighted by atomic mass is 32.2. The molecule has 0 aromatic rings. The van der Waals surface area contributed by atoms with Crippen LogP contribution in [-0.4, -0.2) is 60.8 Å². The first-order valence-electron chi connectivity index (χ1n) is 8.28. The lowest BCUT2D eigenvalue weighted by Crippen LogP contribution is -2.48. The molecule has 2 atom stereocenters. The molecule has 0 saturated carbocycles. The number of thioether (sulfide) groups is 1. The van der Waals surface area contributed by atoms with Crippen LogP contribution in [0.25, 0.3) is 0 Å². The average Bonchev–Trinajstić information content (AvgIpc) is 2.59. The molecule has 0 spiro atoms. The Morgan fingerprint density at radius 3 is 3.00 bits per heavy atom. The van der Waals surface area contributed by atoms with Gasteiger partial charge in [0.2, 0.25) is 0 Å². The molecule has 118 valence electrons. The summed E-state index contributed by atoms with van der Waals surface area (Å²) in [6.45, 7) is 13.7. The Labute approximate surface area is 129 Å². The van der Waals surface area contributed by atoms with E-state index in [1.165, 1.54) is 44.6 Å². The number of hydrogen-bond acceptors (Lipinski definition) is 4. The molecule has 2 fully saturated rings. The molecule has 0 aromatic carbocycles. The van der Waals surface area contributed by atoms with E-state index in [1.54, 1.807) is 0 Å². The molecule has 2 saturated heterocycles. The Morgan fingerprint density at radius 1 is 1.35 bits per heavy atom. The molecule has 0 aliphatic carbocycles. The topological polar surface area (TPSA) is 24.5 Å². The van der Waals surface area contributed by atoms with E-state index in [-0.39, 0.29) is 0 Å². The van der Waals surface area contributed by atoms with Crippen molar-refractivity contribution in [1.82, 2.24) is 10.2 Å². The van der Waals surface area contributed by atoms with Gasteiger partial charge in [-0.2, -0.15) is 11.8 Å². The van der Waals surface area contributed by atoms with Gasteiger partial charge in [-0.1, -0.05) is 20.8 Å². The monoisotopic (exact) mass is 300 g/mol. The Hall–Kier alpha value is 0.230. The molecular formula is C16H32N2OS. The summed E-state index contributed by atoms with van der Waals surface area (Å²) < 4.78 is 6.19. The molecule has 2 aliphatic rings. The lowest BCUT2D eigenvalue weighted by Gasteiger charge is -2.35. The average molecular weight is 301 g/mol. The molecule has 4 heteroatoms. The fraction of sp³-hybridized carbons (Fsp3) is 1.00. The lowest BCUT2D eigenvalue weighted by atomic mass is 9.94. The molecule has 1 N–H and O–H groups in total. The molecule has 0 bridgehead atoms. The molecule has 2 aliphatic heterocycles. The molecule has 0 amide bonds. The molecule has 2 unspecified atom stereocenters. The zero-order chi connectivity index (χ0) is 14.4. The number of nitrogens with one attached hydrogen (secondary N) is 1. The Bertz CT molecular complexity index is 286. The summed E-state index contributed by atoms with van der Waals surface area (Å²) in [7, 11) is 0. The van der Waals surface area contributed by atoms with Gasteiger partial charge in [0, 0.05) is 42.2 Å². The SMILES string of the molecule is CCCNC1CCOCC1CN1CCSC(C)(C)CC1. The maximum absolute atomic E-state index is 5.73. The van der Waals surface area contributed by atoms with Crippen molar-refractivity contribution in [3.8, 4) is 0 Å². The maximum Gasteiger partial charge on any atom is 0.0521 e. The van der Waals surface area contributed by atoms with Gasteiger partial charge in [0.25, 0.3) is 0 Å². The Morgan fingerprint density at radius 2 is 2.20 bits per heavy atom. The quantitative estimate of drug-likeness (QED) is 0.843. The lowest BCUT2D eigenvalue weighted by molar-refractivity contribution is 0.0173. The van der Waals surface area contributed by atoms with Crippen LogP contribution < -0.4 is 5.32 Å². The van der Waals surface area contributed by atoms with Crippen molar-refractivity contribution in [3.05, 3.63) is 0 Å². The van der Waals surface area contributed by atoms with E-state index >= 15 is 0 Å². The second-order valence-electron chi connectivity index (χ2n) is 6.84. The van der Waals surface area contributed by atoms with Gasteiger partial charge in [-0.05, 0) is 32.4 Å². The molecule has 2 heterocycles. The minimum atomic E-state index is 0.456. The van der Waals surface area contributed by atoms with E-state index < -0.39 is 0 Å². The predicted molar refractivity (Wildman–Crippen MR) is 88.6 cm³/mol. The van der Waals surface area contributed by atoms with E-state index in [4.69, 9.17) is 4.74 Å². The van der Waals surface area contributed by atoms with Gasteiger partial charge in [0.1, 0.15) is 0 Å². The molecule has 3 nitrogen and oxygen atoms in total. The van der Waals surface area contributed by atoms with Crippen LogP contribution in [0.5, 0.6) is 0 Å². The molecule has 20 heavy (non-hydrogen) atoms. The van der Waals surface area contributed by atoms with E-state index in [9.17, 15) is 0 Å². The summed E-state index contributed by atoms with van der Waals surface area (Å²) in [5.41, 5.74) is 0. The first kappa shape index (κ1) is 16.6. The van der Waals surface area contributed by atoms with E-state index in [1.807, 2.05) is 0 Å². The van der Waals surface area contributed by atoms with Gasteiger partial charge in [0.15, 0.2) is 0 Å². The zero-order valence-corrected chi connectivity index (χ0v) is 14.3. The van der Waals surface area contributed by atoms with Crippen molar-refractivity contribution >= 4 is 11.8 Å². The molecule has 0 radical (unpaired) electrons. The van der Waals surface area contributed by atoms with Crippen LogP contribution in [0, 0.1) is 5.92 Å². The van der Waals surface area contributed by atoms with Gasteiger partial charge in [-0.15, -0.1) is 0 Å². The smallest absolute Gasteiger partial charge is 0.0521 e. The third-order valence-corrected chi connectivity index (χ3v) is 5.93. The highest BCUT2D eigenvalue weighted by Gasteiger charge is 2.29. The first-order chi connectivity index (χ1) is 9.61. The van der Waals surface area contributed by atoms with Crippen LogP contribution in [0.2, 0.25) is 0 Å². The molecule has 2 rings (SSSR count). The predicted octanol–water partition coefficient (Wildman–Crippen LogP) is 2.61. The summed E-state index contributed by atoms with van der Waals surface area (Å²) in [5, 5.41) is 3.73.